The number of aryl methyl sites for hydroxylation is 1. The Morgan fingerprint density at radius 1 is 0.464 bits per heavy atom. The van der Waals surface area contributed by atoms with Gasteiger partial charge in [-0.1, -0.05) is 213 Å². The summed E-state index contributed by atoms with van der Waals surface area (Å²) in [6, 6.07) is 9.99. The van der Waals surface area contributed by atoms with Gasteiger partial charge in [0.25, 0.3) is 5.91 Å². The highest BCUT2D eigenvalue weighted by Crippen LogP contribution is 2.31. The minimum absolute atomic E-state index is 0.0312. The molecular formula is C50H85N3O3. The quantitative estimate of drug-likeness (QED) is 0.0529. The standard InChI is InChI=1S/C50H85N3O3/c1-4-6-8-10-12-14-16-18-20-22-24-26-28-30-32-34-40-53(41-35-33-31-29-27-25-23-21-19-17-15-13-11-9-7-5-2)50(56)46-43-45(37-39-48(46)54)51-52-47-42-44(3)36-38-49(47)55/h36-39,42-43,54-55H,4-35,40-41H2,1-3H3/b52-51+. The van der Waals surface area contributed by atoms with Gasteiger partial charge in [0.1, 0.15) is 17.2 Å². The summed E-state index contributed by atoms with van der Waals surface area (Å²) in [4.78, 5) is 15.9. The number of azo groups is 1. The molecule has 0 saturated heterocycles. The third-order valence-corrected chi connectivity index (χ3v) is 11.5. The number of benzene rings is 2. The van der Waals surface area contributed by atoms with Crippen LogP contribution in [0.25, 0.3) is 0 Å². The number of unbranched alkanes of at least 4 members (excludes halogenated alkanes) is 30. The molecule has 0 saturated carbocycles. The van der Waals surface area contributed by atoms with E-state index in [0.29, 0.717) is 24.5 Å². The smallest absolute Gasteiger partial charge is 0.257 e. The van der Waals surface area contributed by atoms with Gasteiger partial charge in [-0.3, -0.25) is 4.79 Å². The first-order chi connectivity index (χ1) is 27.5. The number of phenols is 2. The van der Waals surface area contributed by atoms with Crippen molar-refractivity contribution in [1.29, 1.82) is 0 Å². The van der Waals surface area contributed by atoms with Gasteiger partial charge in [0.05, 0.1) is 11.3 Å². The van der Waals surface area contributed by atoms with E-state index >= 15 is 0 Å². The first-order valence-electron chi connectivity index (χ1n) is 23.8. The van der Waals surface area contributed by atoms with Gasteiger partial charge in [0.15, 0.2) is 0 Å². The summed E-state index contributed by atoms with van der Waals surface area (Å²) in [6.45, 7) is 7.92. The molecule has 56 heavy (non-hydrogen) atoms. The van der Waals surface area contributed by atoms with E-state index in [2.05, 4.69) is 24.1 Å². The van der Waals surface area contributed by atoms with Crippen LogP contribution in [-0.4, -0.2) is 34.1 Å². The lowest BCUT2D eigenvalue weighted by atomic mass is 10.0. The number of carbonyl (C=O) groups excluding carboxylic acids is 1. The van der Waals surface area contributed by atoms with E-state index < -0.39 is 0 Å². The minimum atomic E-state index is -0.139. The molecule has 0 bridgehead atoms. The summed E-state index contributed by atoms with van der Waals surface area (Å²) in [5.41, 5.74) is 2.08. The molecule has 2 aromatic carbocycles. The fourth-order valence-electron chi connectivity index (χ4n) is 7.77. The predicted molar refractivity (Wildman–Crippen MR) is 240 cm³/mol. The van der Waals surface area contributed by atoms with E-state index in [1.807, 2.05) is 17.9 Å². The van der Waals surface area contributed by atoms with Gasteiger partial charge in [0.2, 0.25) is 0 Å². The minimum Gasteiger partial charge on any atom is -0.507 e. The van der Waals surface area contributed by atoms with Crippen molar-refractivity contribution in [2.45, 2.75) is 226 Å². The first kappa shape index (κ1) is 49.3. The third-order valence-electron chi connectivity index (χ3n) is 11.5. The zero-order chi connectivity index (χ0) is 40.3. The van der Waals surface area contributed by atoms with Gasteiger partial charge in [-0.15, -0.1) is 5.11 Å². The monoisotopic (exact) mass is 776 g/mol. The summed E-state index contributed by atoms with van der Waals surface area (Å²) in [5, 5.41) is 29.5. The van der Waals surface area contributed by atoms with Gasteiger partial charge >= 0.3 is 0 Å². The lowest BCUT2D eigenvalue weighted by Crippen LogP contribution is -2.33. The fourth-order valence-corrected chi connectivity index (χ4v) is 7.77. The largest absolute Gasteiger partial charge is 0.507 e. The van der Waals surface area contributed by atoms with Crippen LogP contribution < -0.4 is 0 Å². The summed E-state index contributed by atoms with van der Waals surface area (Å²) in [6.07, 6.45) is 42.4. The van der Waals surface area contributed by atoms with Crippen LogP contribution in [0.2, 0.25) is 0 Å². The number of aromatic hydroxyl groups is 2. The highest BCUT2D eigenvalue weighted by Gasteiger charge is 2.19. The lowest BCUT2D eigenvalue weighted by molar-refractivity contribution is 0.0746. The number of rotatable bonds is 37. The number of nitrogens with zero attached hydrogens (tertiary/aromatic N) is 3. The zero-order valence-corrected chi connectivity index (χ0v) is 36.7. The van der Waals surface area contributed by atoms with Gasteiger partial charge in [-0.2, -0.15) is 5.11 Å². The Balaban J connectivity index is 1.75. The van der Waals surface area contributed by atoms with Crippen LogP contribution in [-0.2, 0) is 0 Å². The molecule has 0 fully saturated rings. The van der Waals surface area contributed by atoms with Crippen molar-refractivity contribution in [3.63, 3.8) is 0 Å². The summed E-state index contributed by atoms with van der Waals surface area (Å²) in [5.74, 6) is -0.116. The van der Waals surface area contributed by atoms with Crippen molar-refractivity contribution in [3.8, 4) is 11.5 Å². The fraction of sp³-hybridized carbons (Fsp3) is 0.740. The topological polar surface area (TPSA) is 85.5 Å². The Morgan fingerprint density at radius 3 is 1.21 bits per heavy atom. The van der Waals surface area contributed by atoms with Crippen LogP contribution in [0.3, 0.4) is 0 Å². The average Bonchev–Trinajstić information content (AvgIpc) is 3.20. The predicted octanol–water partition coefficient (Wildman–Crippen LogP) is 16.8. The Bertz CT molecular complexity index is 1240. The molecule has 6 heteroatoms. The molecule has 0 aromatic heterocycles. The number of phenolic OH excluding ortho intramolecular Hbond substituents is 2. The second-order valence-electron chi connectivity index (χ2n) is 16.8. The molecule has 0 radical (unpaired) electrons. The van der Waals surface area contributed by atoms with Crippen LogP contribution in [0, 0.1) is 6.92 Å². The maximum absolute atomic E-state index is 13.9. The molecule has 0 aliphatic heterocycles. The van der Waals surface area contributed by atoms with Crippen LogP contribution in [0.15, 0.2) is 46.6 Å². The molecule has 0 spiro atoms. The SMILES string of the molecule is CCCCCCCCCCCCCCCCCCN(CCCCCCCCCCCCCCCCCC)C(=O)c1cc(/N=N/c2cc(C)ccc2O)ccc1O. The van der Waals surface area contributed by atoms with Crippen LogP contribution in [0.1, 0.15) is 235 Å². The number of amides is 1. The Hall–Kier alpha value is -2.89. The summed E-state index contributed by atoms with van der Waals surface area (Å²) < 4.78 is 0. The molecule has 0 aliphatic carbocycles. The molecule has 318 valence electrons. The van der Waals surface area contributed by atoms with E-state index in [-0.39, 0.29) is 23.0 Å². The van der Waals surface area contributed by atoms with E-state index in [1.54, 1.807) is 24.3 Å². The third kappa shape index (κ3) is 24.7. The van der Waals surface area contributed by atoms with Crippen molar-refractivity contribution in [1.82, 2.24) is 4.90 Å². The Kier molecular flexibility index (Phi) is 30.1. The van der Waals surface area contributed by atoms with Gasteiger partial charge < -0.3 is 15.1 Å². The van der Waals surface area contributed by atoms with Crippen molar-refractivity contribution >= 4 is 17.3 Å². The summed E-state index contributed by atoms with van der Waals surface area (Å²) >= 11 is 0. The van der Waals surface area contributed by atoms with Crippen molar-refractivity contribution in [2.75, 3.05) is 13.1 Å². The molecule has 0 atom stereocenters. The van der Waals surface area contributed by atoms with Crippen LogP contribution in [0.4, 0.5) is 11.4 Å². The van der Waals surface area contributed by atoms with Crippen molar-refractivity contribution in [3.05, 3.63) is 47.5 Å². The maximum Gasteiger partial charge on any atom is 0.257 e. The molecule has 1 amide bonds. The first-order valence-corrected chi connectivity index (χ1v) is 23.8. The molecule has 2 aromatic rings. The Labute approximate surface area is 344 Å². The van der Waals surface area contributed by atoms with Gasteiger partial charge in [-0.05, 0) is 55.7 Å². The van der Waals surface area contributed by atoms with Crippen molar-refractivity contribution in [2.24, 2.45) is 10.2 Å². The summed E-state index contributed by atoms with van der Waals surface area (Å²) in [7, 11) is 0. The second-order valence-corrected chi connectivity index (χ2v) is 16.8. The highest BCUT2D eigenvalue weighted by atomic mass is 16.3. The number of carbonyl (C=O) groups is 1. The lowest BCUT2D eigenvalue weighted by Gasteiger charge is -2.23. The maximum atomic E-state index is 13.9. The Morgan fingerprint density at radius 2 is 0.821 bits per heavy atom. The second kappa shape index (κ2) is 34.2. The average molecular weight is 776 g/mol. The van der Waals surface area contributed by atoms with E-state index in [9.17, 15) is 15.0 Å². The normalized spacial score (nSPS) is 11.6. The van der Waals surface area contributed by atoms with Crippen LogP contribution in [0.5, 0.6) is 11.5 Å². The molecule has 2 N–H and O–H groups in total. The number of hydrogen-bond donors (Lipinski definition) is 2. The zero-order valence-electron chi connectivity index (χ0n) is 36.7. The molecule has 0 unspecified atom stereocenters. The van der Waals surface area contributed by atoms with E-state index in [4.69, 9.17) is 0 Å². The van der Waals surface area contributed by atoms with Crippen LogP contribution >= 0.6 is 0 Å². The molecular weight excluding hydrogens is 691 g/mol. The molecule has 0 heterocycles. The highest BCUT2D eigenvalue weighted by molar-refractivity contribution is 5.97. The van der Waals surface area contributed by atoms with Crippen molar-refractivity contribution < 1.29 is 15.0 Å². The molecule has 2 rings (SSSR count). The molecule has 0 aliphatic rings. The van der Waals surface area contributed by atoms with E-state index in [1.165, 1.54) is 186 Å². The number of hydrogen-bond acceptors (Lipinski definition) is 5. The van der Waals surface area contributed by atoms with Gasteiger partial charge in [0, 0.05) is 13.1 Å². The molecule has 6 nitrogen and oxygen atoms in total. The van der Waals surface area contributed by atoms with E-state index in [0.717, 1.165) is 31.2 Å². The van der Waals surface area contributed by atoms with Gasteiger partial charge in [-0.25, -0.2) is 0 Å².